The monoisotopic (exact) mass is 369 g/mol. The van der Waals surface area contributed by atoms with Crippen LogP contribution in [0.25, 0.3) is 22.2 Å². The SMILES string of the molecule is Cc1cc(NC(=O)C2(c3cc(-c4ccccc4)on3)CC2)c2ccccc2n1. The first-order valence-electron chi connectivity index (χ1n) is 9.36. The number of rotatable bonds is 4. The second-order valence-corrected chi connectivity index (χ2v) is 7.31. The Bertz CT molecular complexity index is 1180. The van der Waals surface area contributed by atoms with Gasteiger partial charge < -0.3 is 9.84 Å². The lowest BCUT2D eigenvalue weighted by Gasteiger charge is -2.14. The van der Waals surface area contributed by atoms with Gasteiger partial charge in [0.1, 0.15) is 0 Å². The maximum atomic E-state index is 13.2. The normalized spacial score (nSPS) is 14.8. The number of amides is 1. The number of nitrogens with one attached hydrogen (secondary N) is 1. The number of pyridine rings is 1. The second kappa shape index (κ2) is 6.30. The third kappa shape index (κ3) is 2.76. The van der Waals surface area contributed by atoms with Gasteiger partial charge in [-0.2, -0.15) is 0 Å². The number of para-hydroxylation sites is 1. The van der Waals surface area contributed by atoms with Crippen LogP contribution >= 0.6 is 0 Å². The van der Waals surface area contributed by atoms with Crippen molar-refractivity contribution >= 4 is 22.5 Å². The van der Waals surface area contributed by atoms with E-state index in [1.807, 2.05) is 73.7 Å². The Labute approximate surface area is 162 Å². The number of aromatic nitrogens is 2. The molecule has 2 aromatic carbocycles. The standard InChI is InChI=1S/C23H19N3O2/c1-15-13-19(17-9-5-6-10-18(17)24-15)25-22(27)23(11-12-23)21-14-20(28-26-21)16-7-3-2-4-8-16/h2-10,13-14H,11-12H2,1H3,(H,24,25,27). The van der Waals surface area contributed by atoms with E-state index in [0.717, 1.165) is 40.7 Å². The molecule has 4 aromatic rings. The molecule has 2 heterocycles. The molecule has 28 heavy (non-hydrogen) atoms. The van der Waals surface area contributed by atoms with Gasteiger partial charge >= 0.3 is 0 Å². The van der Waals surface area contributed by atoms with Gasteiger partial charge in [0.2, 0.25) is 5.91 Å². The van der Waals surface area contributed by atoms with Crippen molar-refractivity contribution in [3.05, 3.63) is 78.1 Å². The molecule has 1 aliphatic carbocycles. The summed E-state index contributed by atoms with van der Waals surface area (Å²) in [5.41, 5.74) is 3.55. The van der Waals surface area contributed by atoms with Crippen molar-refractivity contribution in [1.82, 2.24) is 10.1 Å². The largest absolute Gasteiger partial charge is 0.356 e. The predicted octanol–water partition coefficient (Wildman–Crippen LogP) is 4.87. The number of hydrogen-bond acceptors (Lipinski definition) is 4. The molecular formula is C23H19N3O2. The predicted molar refractivity (Wildman–Crippen MR) is 108 cm³/mol. The number of aryl methyl sites for hydroxylation is 1. The zero-order chi connectivity index (χ0) is 19.1. The van der Waals surface area contributed by atoms with Gasteiger partial charge in [0.25, 0.3) is 0 Å². The molecule has 0 saturated heterocycles. The van der Waals surface area contributed by atoms with E-state index in [1.54, 1.807) is 0 Å². The topological polar surface area (TPSA) is 68.0 Å². The van der Waals surface area contributed by atoms with E-state index in [9.17, 15) is 4.79 Å². The zero-order valence-corrected chi connectivity index (χ0v) is 15.5. The Morgan fingerprint density at radius 3 is 2.57 bits per heavy atom. The maximum Gasteiger partial charge on any atom is 0.236 e. The second-order valence-electron chi connectivity index (χ2n) is 7.31. The van der Waals surface area contributed by atoms with E-state index in [2.05, 4.69) is 15.5 Å². The maximum absolute atomic E-state index is 13.2. The van der Waals surface area contributed by atoms with Crippen molar-refractivity contribution in [2.45, 2.75) is 25.2 Å². The van der Waals surface area contributed by atoms with Crippen molar-refractivity contribution in [1.29, 1.82) is 0 Å². The summed E-state index contributed by atoms with van der Waals surface area (Å²) < 4.78 is 5.53. The van der Waals surface area contributed by atoms with Gasteiger partial charge in [-0.3, -0.25) is 9.78 Å². The smallest absolute Gasteiger partial charge is 0.236 e. The Balaban J connectivity index is 1.46. The third-order valence-electron chi connectivity index (χ3n) is 5.34. The molecule has 5 nitrogen and oxygen atoms in total. The number of anilines is 1. The first-order chi connectivity index (χ1) is 13.7. The molecule has 1 amide bonds. The summed E-state index contributed by atoms with van der Waals surface area (Å²) in [4.78, 5) is 17.7. The van der Waals surface area contributed by atoms with Crippen LogP contribution < -0.4 is 5.32 Å². The molecule has 0 bridgehead atoms. The molecule has 0 radical (unpaired) electrons. The number of hydrogen-bond donors (Lipinski definition) is 1. The van der Waals surface area contributed by atoms with Crippen LogP contribution in [0.4, 0.5) is 5.69 Å². The Hall–Kier alpha value is -3.47. The molecule has 5 rings (SSSR count). The van der Waals surface area contributed by atoms with Gasteiger partial charge in [-0.15, -0.1) is 0 Å². The highest BCUT2D eigenvalue weighted by molar-refractivity contribution is 6.06. The van der Waals surface area contributed by atoms with Crippen molar-refractivity contribution < 1.29 is 9.32 Å². The quantitative estimate of drug-likeness (QED) is 0.557. The average Bonchev–Trinajstić information content (AvgIpc) is 3.38. The summed E-state index contributed by atoms with van der Waals surface area (Å²) in [5, 5.41) is 8.27. The third-order valence-corrected chi connectivity index (χ3v) is 5.34. The molecule has 5 heteroatoms. The van der Waals surface area contributed by atoms with Crippen LogP contribution in [0.15, 0.2) is 71.3 Å². The minimum absolute atomic E-state index is 0.0452. The summed E-state index contributed by atoms with van der Waals surface area (Å²) in [6.45, 7) is 1.93. The molecule has 0 spiro atoms. The van der Waals surface area contributed by atoms with Crippen molar-refractivity contribution in [2.24, 2.45) is 0 Å². The van der Waals surface area contributed by atoms with Gasteiger partial charge in [0.15, 0.2) is 5.76 Å². The lowest BCUT2D eigenvalue weighted by molar-refractivity contribution is -0.118. The molecule has 0 aliphatic heterocycles. The van der Waals surface area contributed by atoms with E-state index < -0.39 is 5.41 Å². The van der Waals surface area contributed by atoms with Crippen molar-refractivity contribution in [2.75, 3.05) is 5.32 Å². The number of fused-ring (bicyclic) bond motifs is 1. The van der Waals surface area contributed by atoms with Crippen LogP contribution in [0.3, 0.4) is 0 Å². The number of carbonyl (C=O) groups is 1. The zero-order valence-electron chi connectivity index (χ0n) is 15.5. The average molecular weight is 369 g/mol. The van der Waals surface area contributed by atoms with Gasteiger partial charge in [-0.25, -0.2) is 0 Å². The summed E-state index contributed by atoms with van der Waals surface area (Å²) in [6.07, 6.45) is 1.53. The Morgan fingerprint density at radius 2 is 1.79 bits per heavy atom. The molecule has 1 fully saturated rings. The lowest BCUT2D eigenvalue weighted by atomic mass is 10.00. The number of nitrogens with zero attached hydrogens (tertiary/aromatic N) is 2. The van der Waals surface area contributed by atoms with Crippen LogP contribution in [-0.2, 0) is 10.2 Å². The van der Waals surface area contributed by atoms with E-state index in [1.165, 1.54) is 0 Å². The number of carbonyl (C=O) groups excluding carboxylic acids is 1. The van der Waals surface area contributed by atoms with Crippen LogP contribution in [-0.4, -0.2) is 16.0 Å². The molecular weight excluding hydrogens is 350 g/mol. The van der Waals surface area contributed by atoms with Crippen molar-refractivity contribution in [3.63, 3.8) is 0 Å². The van der Waals surface area contributed by atoms with Gasteiger partial charge in [0.05, 0.1) is 22.3 Å². The minimum atomic E-state index is -0.616. The first-order valence-corrected chi connectivity index (χ1v) is 9.36. The summed E-state index contributed by atoms with van der Waals surface area (Å²) >= 11 is 0. The molecule has 1 N–H and O–H groups in total. The lowest BCUT2D eigenvalue weighted by Crippen LogP contribution is -2.28. The van der Waals surface area contributed by atoms with E-state index in [4.69, 9.17) is 4.52 Å². The van der Waals surface area contributed by atoms with Crippen LogP contribution in [0, 0.1) is 6.92 Å². The highest BCUT2D eigenvalue weighted by Gasteiger charge is 2.54. The molecule has 1 saturated carbocycles. The first kappa shape index (κ1) is 16.7. The minimum Gasteiger partial charge on any atom is -0.356 e. The molecule has 2 aromatic heterocycles. The Kier molecular flexibility index (Phi) is 3.76. The van der Waals surface area contributed by atoms with Crippen LogP contribution in [0.2, 0.25) is 0 Å². The van der Waals surface area contributed by atoms with Gasteiger partial charge in [-0.05, 0) is 31.9 Å². The molecule has 1 aliphatic rings. The summed E-state index contributed by atoms with van der Waals surface area (Å²) in [6, 6.07) is 21.4. The highest BCUT2D eigenvalue weighted by atomic mass is 16.5. The highest BCUT2D eigenvalue weighted by Crippen LogP contribution is 2.49. The molecule has 0 unspecified atom stereocenters. The van der Waals surface area contributed by atoms with Crippen LogP contribution in [0.1, 0.15) is 24.2 Å². The van der Waals surface area contributed by atoms with Gasteiger partial charge in [0, 0.05) is 22.7 Å². The fraction of sp³-hybridized carbons (Fsp3) is 0.174. The fourth-order valence-corrected chi connectivity index (χ4v) is 3.62. The van der Waals surface area contributed by atoms with Gasteiger partial charge in [-0.1, -0.05) is 53.7 Å². The molecule has 138 valence electrons. The number of benzene rings is 2. The van der Waals surface area contributed by atoms with E-state index in [-0.39, 0.29) is 5.91 Å². The fourth-order valence-electron chi connectivity index (χ4n) is 3.62. The summed E-state index contributed by atoms with van der Waals surface area (Å²) in [7, 11) is 0. The van der Waals surface area contributed by atoms with Crippen LogP contribution in [0.5, 0.6) is 0 Å². The van der Waals surface area contributed by atoms with E-state index in [0.29, 0.717) is 11.5 Å². The van der Waals surface area contributed by atoms with E-state index >= 15 is 0 Å². The summed E-state index contributed by atoms with van der Waals surface area (Å²) in [5.74, 6) is 0.635. The van der Waals surface area contributed by atoms with Crippen molar-refractivity contribution in [3.8, 4) is 11.3 Å². The molecule has 0 atom stereocenters. The Morgan fingerprint density at radius 1 is 1.04 bits per heavy atom.